The third-order valence-corrected chi connectivity index (χ3v) is 5.44. The first-order chi connectivity index (χ1) is 12.9. The Morgan fingerprint density at radius 2 is 2.00 bits per heavy atom. The molecular formula is C22H24O5. The third kappa shape index (κ3) is 2.76. The number of carbonyl (C=O) groups excluding carboxylic acids is 1. The molecule has 1 aromatic carbocycles. The molecule has 0 N–H and O–H groups in total. The van der Waals surface area contributed by atoms with Gasteiger partial charge in [0.05, 0.1) is 10.9 Å². The smallest absolute Gasteiger partial charge is 0.336 e. The van der Waals surface area contributed by atoms with Crippen LogP contribution in [-0.2, 0) is 6.42 Å². The lowest BCUT2D eigenvalue weighted by atomic mass is 9.89. The molecule has 2 atom stereocenters. The van der Waals surface area contributed by atoms with Crippen molar-refractivity contribution < 1.29 is 18.7 Å². The first-order valence-corrected chi connectivity index (χ1v) is 9.61. The Morgan fingerprint density at radius 1 is 1.22 bits per heavy atom. The van der Waals surface area contributed by atoms with Crippen LogP contribution in [0.3, 0.4) is 0 Å². The van der Waals surface area contributed by atoms with Gasteiger partial charge in [-0.05, 0) is 44.4 Å². The molecule has 0 radical (unpaired) electrons. The summed E-state index contributed by atoms with van der Waals surface area (Å²) >= 11 is 0. The Labute approximate surface area is 158 Å². The monoisotopic (exact) mass is 368 g/mol. The average molecular weight is 368 g/mol. The second kappa shape index (κ2) is 6.25. The van der Waals surface area contributed by atoms with Crippen molar-refractivity contribution in [2.45, 2.75) is 65.1 Å². The fourth-order valence-electron chi connectivity index (χ4n) is 3.86. The number of rotatable bonds is 3. The Kier molecular flexibility index (Phi) is 4.13. The van der Waals surface area contributed by atoms with Crippen LogP contribution in [0.5, 0.6) is 11.5 Å². The Morgan fingerprint density at radius 3 is 2.70 bits per heavy atom. The van der Waals surface area contributed by atoms with Crippen LogP contribution in [0, 0.1) is 0 Å². The van der Waals surface area contributed by atoms with E-state index in [-0.39, 0.29) is 18.3 Å². The molecule has 2 aliphatic heterocycles. The summed E-state index contributed by atoms with van der Waals surface area (Å²) in [6.45, 7) is 8.00. The molecule has 5 heteroatoms. The fraction of sp³-hybridized carbons (Fsp3) is 0.455. The number of benzene rings is 1. The van der Waals surface area contributed by atoms with Crippen LogP contribution in [0.4, 0.5) is 0 Å². The lowest BCUT2D eigenvalue weighted by Gasteiger charge is -2.34. The van der Waals surface area contributed by atoms with E-state index in [9.17, 15) is 9.59 Å². The number of ketones is 1. The summed E-state index contributed by atoms with van der Waals surface area (Å²) in [5.41, 5.74) is 1.36. The van der Waals surface area contributed by atoms with Crippen molar-refractivity contribution in [1.82, 2.24) is 0 Å². The highest BCUT2D eigenvalue weighted by molar-refractivity contribution is 6.13. The van der Waals surface area contributed by atoms with E-state index < -0.39 is 11.2 Å². The van der Waals surface area contributed by atoms with E-state index in [1.807, 2.05) is 26.0 Å². The van der Waals surface area contributed by atoms with Crippen molar-refractivity contribution in [3.8, 4) is 11.5 Å². The zero-order valence-electron chi connectivity index (χ0n) is 16.2. The zero-order chi connectivity index (χ0) is 19.3. The van der Waals surface area contributed by atoms with E-state index >= 15 is 0 Å². The van der Waals surface area contributed by atoms with Crippen molar-refractivity contribution in [3.63, 3.8) is 0 Å². The molecule has 142 valence electrons. The van der Waals surface area contributed by atoms with Crippen LogP contribution in [0.25, 0.3) is 17.0 Å². The van der Waals surface area contributed by atoms with Gasteiger partial charge in [-0.15, -0.1) is 0 Å². The topological polar surface area (TPSA) is 65.7 Å². The van der Waals surface area contributed by atoms with E-state index in [0.29, 0.717) is 29.1 Å². The Hall–Kier alpha value is -2.56. The van der Waals surface area contributed by atoms with Crippen LogP contribution < -0.4 is 15.1 Å². The second-order valence-corrected chi connectivity index (χ2v) is 7.65. The number of aryl methyl sites for hydroxylation is 1. The lowest BCUT2D eigenvalue weighted by Crippen LogP contribution is -2.32. The van der Waals surface area contributed by atoms with Crippen molar-refractivity contribution in [2.24, 2.45) is 0 Å². The maximum atomic E-state index is 12.9. The molecule has 5 nitrogen and oxygen atoms in total. The third-order valence-electron chi connectivity index (χ3n) is 5.44. The van der Waals surface area contributed by atoms with E-state index in [1.165, 1.54) is 6.07 Å². The first-order valence-electron chi connectivity index (χ1n) is 9.61. The van der Waals surface area contributed by atoms with Gasteiger partial charge in [-0.25, -0.2) is 4.79 Å². The molecule has 1 unspecified atom stereocenters. The van der Waals surface area contributed by atoms with Gasteiger partial charge >= 0.3 is 5.63 Å². The standard InChI is InChI=1S/C22H24O5/c1-5-7-13-11-16(24)26-21-17(13)20-14(8-9-22(4,6-2)27-20)19-18(21)15(23)10-12(3)25-19/h8-9,11-12H,5-7,10H2,1-4H3/t12-,22?/m1/s1. The van der Waals surface area contributed by atoms with Gasteiger partial charge in [-0.2, -0.15) is 0 Å². The van der Waals surface area contributed by atoms with Crippen LogP contribution in [0.1, 0.15) is 68.4 Å². The number of carbonyl (C=O) groups is 1. The van der Waals surface area contributed by atoms with Crippen LogP contribution >= 0.6 is 0 Å². The molecular weight excluding hydrogens is 344 g/mol. The van der Waals surface area contributed by atoms with E-state index in [0.717, 1.165) is 29.4 Å². The number of Topliss-reactive ketones (excluding diaryl/α,β-unsaturated/α-hetero) is 1. The minimum atomic E-state index is -0.460. The quantitative estimate of drug-likeness (QED) is 0.736. The number of fused-ring (bicyclic) bond motifs is 6. The van der Waals surface area contributed by atoms with Gasteiger partial charge < -0.3 is 13.9 Å². The molecule has 2 aliphatic rings. The van der Waals surface area contributed by atoms with Crippen molar-refractivity contribution in [2.75, 3.05) is 0 Å². The predicted molar refractivity (Wildman–Crippen MR) is 104 cm³/mol. The second-order valence-electron chi connectivity index (χ2n) is 7.65. The van der Waals surface area contributed by atoms with Crippen molar-refractivity contribution in [1.29, 1.82) is 0 Å². The average Bonchev–Trinajstić information content (AvgIpc) is 2.60. The summed E-state index contributed by atoms with van der Waals surface area (Å²) in [5.74, 6) is 1.04. The highest BCUT2D eigenvalue weighted by Gasteiger charge is 2.37. The number of ether oxygens (including phenoxy) is 2. The minimum Gasteiger partial charge on any atom is -0.489 e. The van der Waals surface area contributed by atoms with E-state index in [2.05, 4.69) is 13.8 Å². The Bertz CT molecular complexity index is 1030. The maximum absolute atomic E-state index is 12.9. The SMILES string of the molecule is CCCc1cc(=O)oc2c3c(c4c(c12)OC(C)(CC)C=C4)O[C@H](C)CC3=O. The van der Waals surface area contributed by atoms with Gasteiger partial charge in [0, 0.05) is 12.5 Å². The van der Waals surface area contributed by atoms with Gasteiger partial charge in [0.1, 0.15) is 28.8 Å². The highest BCUT2D eigenvalue weighted by Crippen LogP contribution is 2.49. The minimum absolute atomic E-state index is 0.0643. The summed E-state index contributed by atoms with van der Waals surface area (Å²) in [7, 11) is 0. The molecule has 4 rings (SSSR count). The maximum Gasteiger partial charge on any atom is 0.336 e. The number of hydrogen-bond donors (Lipinski definition) is 0. The molecule has 2 aromatic rings. The van der Waals surface area contributed by atoms with Gasteiger partial charge in [-0.1, -0.05) is 20.3 Å². The molecule has 0 fully saturated rings. The van der Waals surface area contributed by atoms with Gasteiger partial charge in [-0.3, -0.25) is 4.79 Å². The summed E-state index contributed by atoms with van der Waals surface area (Å²) < 4.78 is 18.0. The molecule has 0 bridgehead atoms. The molecule has 27 heavy (non-hydrogen) atoms. The van der Waals surface area contributed by atoms with E-state index in [4.69, 9.17) is 13.9 Å². The fourth-order valence-corrected chi connectivity index (χ4v) is 3.86. The normalized spacial score (nSPS) is 23.6. The first kappa shape index (κ1) is 17.8. The molecule has 0 amide bonds. The number of hydrogen-bond acceptors (Lipinski definition) is 5. The summed E-state index contributed by atoms with van der Waals surface area (Å²) in [5, 5.41) is 0.723. The predicted octanol–water partition coefficient (Wildman–Crippen LogP) is 4.67. The molecule has 0 saturated carbocycles. The highest BCUT2D eigenvalue weighted by atomic mass is 16.5. The van der Waals surface area contributed by atoms with Crippen molar-refractivity contribution >= 4 is 22.8 Å². The largest absolute Gasteiger partial charge is 0.489 e. The summed E-state index contributed by atoms with van der Waals surface area (Å²) in [6, 6.07) is 1.51. The van der Waals surface area contributed by atoms with Gasteiger partial charge in [0.25, 0.3) is 0 Å². The summed E-state index contributed by atoms with van der Waals surface area (Å²) in [6.07, 6.45) is 6.38. The van der Waals surface area contributed by atoms with E-state index in [1.54, 1.807) is 0 Å². The molecule has 3 heterocycles. The Balaban J connectivity index is 2.16. The van der Waals surface area contributed by atoms with Gasteiger partial charge in [0.15, 0.2) is 11.4 Å². The summed E-state index contributed by atoms with van der Waals surface area (Å²) in [4.78, 5) is 25.1. The molecule has 0 saturated heterocycles. The van der Waals surface area contributed by atoms with Crippen LogP contribution in [-0.4, -0.2) is 17.5 Å². The van der Waals surface area contributed by atoms with Crippen LogP contribution in [0.15, 0.2) is 21.4 Å². The lowest BCUT2D eigenvalue weighted by molar-refractivity contribution is 0.0868. The molecule has 0 spiro atoms. The van der Waals surface area contributed by atoms with Crippen molar-refractivity contribution in [3.05, 3.63) is 39.3 Å². The van der Waals surface area contributed by atoms with Gasteiger partial charge in [0.2, 0.25) is 0 Å². The molecule has 1 aromatic heterocycles. The zero-order valence-corrected chi connectivity index (χ0v) is 16.2. The molecule has 0 aliphatic carbocycles. The van der Waals surface area contributed by atoms with Crippen LogP contribution in [0.2, 0.25) is 0 Å².